The molecular formula is C30H34Cl3N3O6S. The molecule has 0 spiro atoms. The van der Waals surface area contributed by atoms with E-state index in [-0.39, 0.29) is 41.2 Å². The molecule has 3 rings (SSSR count). The van der Waals surface area contributed by atoms with Crippen LogP contribution in [0.3, 0.4) is 0 Å². The monoisotopic (exact) mass is 669 g/mol. The van der Waals surface area contributed by atoms with Crippen LogP contribution in [-0.4, -0.2) is 58.0 Å². The predicted octanol–water partition coefficient (Wildman–Crippen LogP) is 6.19. The van der Waals surface area contributed by atoms with Crippen LogP contribution in [0.25, 0.3) is 0 Å². The first-order chi connectivity index (χ1) is 20.3. The molecule has 3 aromatic carbocycles. The van der Waals surface area contributed by atoms with E-state index >= 15 is 0 Å². The standard InChI is InChI=1S/C30H34Cl3N3O6S/c1-6-26(30(38)34-19(2)3)35(17-20-7-8-22(32)15-25(20)33)29(37)18-36(23-11-9-21(31)10-12-23)43(39,40)24-13-14-27(41-4)28(16-24)42-5/h7-16,19,26H,6,17-18H2,1-5H3,(H,34,38). The molecule has 232 valence electrons. The van der Waals surface area contributed by atoms with Gasteiger partial charge in [0.25, 0.3) is 10.0 Å². The van der Waals surface area contributed by atoms with Crippen molar-refractivity contribution in [2.75, 3.05) is 25.1 Å². The number of hydrogen-bond donors (Lipinski definition) is 1. The van der Waals surface area contributed by atoms with Crippen LogP contribution in [0.2, 0.25) is 15.1 Å². The van der Waals surface area contributed by atoms with Gasteiger partial charge in [-0.2, -0.15) is 0 Å². The molecule has 0 heterocycles. The number of nitrogens with one attached hydrogen (secondary N) is 1. The summed E-state index contributed by atoms with van der Waals surface area (Å²) in [6.07, 6.45) is 0.263. The van der Waals surface area contributed by atoms with Crippen molar-refractivity contribution in [2.24, 2.45) is 0 Å². The summed E-state index contributed by atoms with van der Waals surface area (Å²) in [6, 6.07) is 13.9. The van der Waals surface area contributed by atoms with Crippen LogP contribution in [-0.2, 0) is 26.2 Å². The quantitative estimate of drug-likeness (QED) is 0.233. The fraction of sp³-hybridized carbons (Fsp3) is 0.333. The van der Waals surface area contributed by atoms with Gasteiger partial charge in [0.1, 0.15) is 12.6 Å². The number of benzene rings is 3. The van der Waals surface area contributed by atoms with E-state index in [4.69, 9.17) is 44.3 Å². The maximum absolute atomic E-state index is 14.2. The number of hydrogen-bond acceptors (Lipinski definition) is 6. The highest BCUT2D eigenvalue weighted by molar-refractivity contribution is 7.92. The van der Waals surface area contributed by atoms with Gasteiger partial charge in [0, 0.05) is 33.7 Å². The maximum Gasteiger partial charge on any atom is 0.264 e. The van der Waals surface area contributed by atoms with Crippen molar-refractivity contribution in [2.45, 2.75) is 50.7 Å². The second-order valence-corrected chi connectivity index (χ2v) is 13.0. The van der Waals surface area contributed by atoms with Gasteiger partial charge in [0.05, 0.1) is 24.8 Å². The Morgan fingerprint density at radius 2 is 1.51 bits per heavy atom. The van der Waals surface area contributed by atoms with E-state index < -0.39 is 28.5 Å². The molecule has 1 N–H and O–H groups in total. The Labute approximate surface area is 267 Å². The Bertz CT molecular complexity index is 1550. The summed E-state index contributed by atoms with van der Waals surface area (Å²) in [5, 5.41) is 3.94. The molecular weight excluding hydrogens is 637 g/mol. The number of rotatable bonds is 13. The highest BCUT2D eigenvalue weighted by atomic mass is 35.5. The third kappa shape index (κ3) is 8.47. The Morgan fingerprint density at radius 3 is 2.07 bits per heavy atom. The smallest absolute Gasteiger partial charge is 0.264 e. The Balaban J connectivity index is 2.12. The zero-order chi connectivity index (χ0) is 31.9. The normalized spacial score (nSPS) is 12.0. The summed E-state index contributed by atoms with van der Waals surface area (Å²) in [5.74, 6) is -0.475. The van der Waals surface area contributed by atoms with Crippen LogP contribution >= 0.6 is 34.8 Å². The summed E-state index contributed by atoms with van der Waals surface area (Å²) in [7, 11) is -1.52. The first-order valence-electron chi connectivity index (χ1n) is 13.4. The molecule has 0 aliphatic carbocycles. The van der Waals surface area contributed by atoms with Gasteiger partial charge in [0.2, 0.25) is 11.8 Å². The number of carbonyl (C=O) groups is 2. The summed E-state index contributed by atoms with van der Waals surface area (Å²) >= 11 is 18.6. The molecule has 9 nitrogen and oxygen atoms in total. The first-order valence-corrected chi connectivity index (χ1v) is 15.9. The van der Waals surface area contributed by atoms with E-state index in [0.29, 0.717) is 26.4 Å². The average molecular weight is 671 g/mol. The third-order valence-corrected chi connectivity index (χ3v) is 9.12. The van der Waals surface area contributed by atoms with Crippen LogP contribution in [0.15, 0.2) is 65.6 Å². The minimum atomic E-state index is -4.35. The number of nitrogens with zero attached hydrogens (tertiary/aromatic N) is 2. The van der Waals surface area contributed by atoms with E-state index in [1.54, 1.807) is 19.1 Å². The van der Waals surface area contributed by atoms with Gasteiger partial charge >= 0.3 is 0 Å². The first kappa shape index (κ1) is 34.3. The highest BCUT2D eigenvalue weighted by Crippen LogP contribution is 2.33. The number of anilines is 1. The van der Waals surface area contributed by atoms with E-state index in [2.05, 4.69) is 5.32 Å². The van der Waals surface area contributed by atoms with E-state index in [0.717, 1.165) is 4.31 Å². The molecule has 0 aliphatic heterocycles. The minimum absolute atomic E-state index is 0.0658. The van der Waals surface area contributed by atoms with Gasteiger partial charge in [-0.3, -0.25) is 13.9 Å². The lowest BCUT2D eigenvalue weighted by molar-refractivity contribution is -0.140. The molecule has 43 heavy (non-hydrogen) atoms. The van der Waals surface area contributed by atoms with Gasteiger partial charge < -0.3 is 19.7 Å². The molecule has 0 aliphatic rings. The molecule has 0 fully saturated rings. The Hall–Kier alpha value is -3.18. The van der Waals surface area contributed by atoms with Crippen molar-refractivity contribution in [3.63, 3.8) is 0 Å². The number of ether oxygens (including phenoxy) is 2. The second-order valence-electron chi connectivity index (χ2n) is 9.85. The highest BCUT2D eigenvalue weighted by Gasteiger charge is 2.34. The zero-order valence-corrected chi connectivity index (χ0v) is 27.5. The lowest BCUT2D eigenvalue weighted by Gasteiger charge is -2.33. The minimum Gasteiger partial charge on any atom is -0.493 e. The van der Waals surface area contributed by atoms with Gasteiger partial charge in [-0.1, -0.05) is 47.8 Å². The van der Waals surface area contributed by atoms with Crippen molar-refractivity contribution >= 4 is 62.3 Å². The molecule has 3 aromatic rings. The van der Waals surface area contributed by atoms with Crippen molar-refractivity contribution in [3.8, 4) is 11.5 Å². The molecule has 2 amide bonds. The van der Waals surface area contributed by atoms with Crippen molar-refractivity contribution < 1.29 is 27.5 Å². The fourth-order valence-electron chi connectivity index (χ4n) is 4.37. The lowest BCUT2D eigenvalue weighted by atomic mass is 10.1. The van der Waals surface area contributed by atoms with Gasteiger partial charge in [0.15, 0.2) is 11.5 Å². The molecule has 0 saturated carbocycles. The Kier molecular flexibility index (Phi) is 12.0. The maximum atomic E-state index is 14.2. The van der Waals surface area contributed by atoms with E-state index in [9.17, 15) is 18.0 Å². The lowest BCUT2D eigenvalue weighted by Crippen LogP contribution is -2.53. The molecule has 13 heteroatoms. The van der Waals surface area contributed by atoms with Gasteiger partial charge in [-0.15, -0.1) is 0 Å². The number of sulfonamides is 1. The molecule has 1 atom stereocenters. The SMILES string of the molecule is CCC(C(=O)NC(C)C)N(Cc1ccc(Cl)cc1Cl)C(=O)CN(c1ccc(Cl)cc1)S(=O)(=O)c1ccc(OC)c(OC)c1. The summed E-state index contributed by atoms with van der Waals surface area (Å²) in [5.41, 5.74) is 0.729. The average Bonchev–Trinajstić information content (AvgIpc) is 2.96. The van der Waals surface area contributed by atoms with Crippen LogP contribution < -0.4 is 19.1 Å². The topological polar surface area (TPSA) is 105 Å². The van der Waals surface area contributed by atoms with Crippen LogP contribution in [0.1, 0.15) is 32.8 Å². The third-order valence-electron chi connectivity index (χ3n) is 6.51. The number of methoxy groups -OCH3 is 2. The van der Waals surface area contributed by atoms with E-state index in [1.807, 2.05) is 13.8 Å². The second kappa shape index (κ2) is 15.0. The van der Waals surface area contributed by atoms with Crippen molar-refractivity contribution in [1.82, 2.24) is 10.2 Å². The molecule has 0 saturated heterocycles. The van der Waals surface area contributed by atoms with E-state index in [1.165, 1.54) is 67.7 Å². The van der Waals surface area contributed by atoms with Gasteiger partial charge in [-0.25, -0.2) is 8.42 Å². The van der Waals surface area contributed by atoms with Crippen LogP contribution in [0.5, 0.6) is 11.5 Å². The number of carbonyl (C=O) groups excluding carboxylic acids is 2. The molecule has 0 aromatic heterocycles. The largest absolute Gasteiger partial charge is 0.493 e. The summed E-state index contributed by atoms with van der Waals surface area (Å²) in [6.45, 7) is 4.69. The molecule has 0 bridgehead atoms. The summed E-state index contributed by atoms with van der Waals surface area (Å²) < 4.78 is 39.8. The number of halogens is 3. The van der Waals surface area contributed by atoms with Gasteiger partial charge in [-0.05, 0) is 74.4 Å². The predicted molar refractivity (Wildman–Crippen MR) is 170 cm³/mol. The molecule has 1 unspecified atom stereocenters. The molecule has 0 radical (unpaired) electrons. The fourth-order valence-corrected chi connectivity index (χ4v) is 6.40. The summed E-state index contributed by atoms with van der Waals surface area (Å²) in [4.78, 5) is 28.6. The van der Waals surface area contributed by atoms with Crippen molar-refractivity contribution in [3.05, 3.63) is 81.3 Å². The van der Waals surface area contributed by atoms with Crippen LogP contribution in [0.4, 0.5) is 5.69 Å². The Morgan fingerprint density at radius 1 is 0.884 bits per heavy atom. The zero-order valence-electron chi connectivity index (χ0n) is 24.4. The number of amides is 2. The van der Waals surface area contributed by atoms with Crippen LogP contribution in [0, 0.1) is 0 Å². The van der Waals surface area contributed by atoms with Crippen molar-refractivity contribution in [1.29, 1.82) is 0 Å².